The van der Waals surface area contributed by atoms with Crippen LogP contribution in [0.3, 0.4) is 0 Å². The summed E-state index contributed by atoms with van der Waals surface area (Å²) in [4.78, 5) is 4.41. The number of aliphatic imine (C=N–C) groups is 1. The topological polar surface area (TPSA) is 104 Å². The lowest BCUT2D eigenvalue weighted by atomic mass is 9.96. The van der Waals surface area contributed by atoms with Gasteiger partial charge in [0.1, 0.15) is 12.1 Å². The van der Waals surface area contributed by atoms with E-state index < -0.39 is 6.23 Å². The number of hydrogen-bond donors (Lipinski definition) is 3. The monoisotopic (exact) mass is 394 g/mol. The molecule has 2 aliphatic rings. The molecule has 3 rings (SSSR count). The summed E-state index contributed by atoms with van der Waals surface area (Å²) >= 11 is 0. The van der Waals surface area contributed by atoms with Crippen LogP contribution in [0.2, 0.25) is 0 Å². The van der Waals surface area contributed by atoms with Gasteiger partial charge >= 0.3 is 0 Å². The number of aliphatic hydroxyl groups is 1. The summed E-state index contributed by atoms with van der Waals surface area (Å²) < 4.78 is 5.75. The van der Waals surface area contributed by atoms with E-state index in [-0.39, 0.29) is 18.9 Å². The maximum atomic E-state index is 10.4. The van der Waals surface area contributed by atoms with E-state index in [0.29, 0.717) is 29.3 Å². The Bertz CT molecular complexity index is 879. The average molecular weight is 395 g/mol. The van der Waals surface area contributed by atoms with Gasteiger partial charge < -0.3 is 15.6 Å². The molecule has 2 aliphatic carbocycles. The van der Waals surface area contributed by atoms with Crippen molar-refractivity contribution in [2.45, 2.75) is 64.4 Å². The van der Waals surface area contributed by atoms with Crippen LogP contribution < -0.4 is 11.1 Å². The molecule has 0 aromatic heterocycles. The third-order valence-electron chi connectivity index (χ3n) is 5.50. The van der Waals surface area contributed by atoms with Crippen molar-refractivity contribution in [3.8, 4) is 6.07 Å². The van der Waals surface area contributed by atoms with Crippen LogP contribution in [0, 0.1) is 11.3 Å². The van der Waals surface area contributed by atoms with E-state index in [2.05, 4.69) is 29.4 Å². The van der Waals surface area contributed by atoms with Gasteiger partial charge in [0.15, 0.2) is 0 Å². The van der Waals surface area contributed by atoms with Gasteiger partial charge in [-0.2, -0.15) is 5.26 Å². The number of fused-ring (bicyclic) bond motifs is 1. The third-order valence-corrected chi connectivity index (χ3v) is 5.50. The van der Waals surface area contributed by atoms with Gasteiger partial charge in [-0.15, -0.1) is 0 Å². The zero-order valence-electron chi connectivity index (χ0n) is 17.4. The molecule has 0 spiro atoms. The third kappa shape index (κ3) is 4.94. The molecule has 1 aromatic carbocycles. The Labute approximate surface area is 172 Å². The highest BCUT2D eigenvalue weighted by Crippen LogP contribution is 2.34. The summed E-state index contributed by atoms with van der Waals surface area (Å²) in [5, 5.41) is 22.8. The molecule has 154 valence electrons. The number of ether oxygens (including phenoxy) is 1. The Morgan fingerprint density at radius 3 is 2.97 bits per heavy atom. The first-order valence-corrected chi connectivity index (χ1v) is 10.2. The lowest BCUT2D eigenvalue weighted by Crippen LogP contribution is -2.33. The maximum Gasteiger partial charge on any atom is 0.132 e. The Balaban J connectivity index is 1.62. The molecule has 6 heteroatoms. The van der Waals surface area contributed by atoms with Crippen molar-refractivity contribution in [3.63, 3.8) is 0 Å². The molecule has 0 radical (unpaired) electrons. The van der Waals surface area contributed by atoms with E-state index in [1.54, 1.807) is 6.08 Å². The second-order valence-electron chi connectivity index (χ2n) is 7.95. The summed E-state index contributed by atoms with van der Waals surface area (Å²) in [6, 6.07) is 8.37. The normalized spacial score (nSPS) is 22.7. The van der Waals surface area contributed by atoms with Gasteiger partial charge in [-0.1, -0.05) is 31.2 Å². The van der Waals surface area contributed by atoms with Crippen LogP contribution in [-0.4, -0.2) is 36.0 Å². The number of nitrogens with zero attached hydrogens (tertiary/aromatic N) is 2. The van der Waals surface area contributed by atoms with Gasteiger partial charge in [0.05, 0.1) is 30.5 Å². The lowest BCUT2D eigenvalue weighted by Gasteiger charge is -2.24. The van der Waals surface area contributed by atoms with Crippen molar-refractivity contribution in [2.24, 2.45) is 10.7 Å². The molecule has 29 heavy (non-hydrogen) atoms. The SMILES string of the molecule is CC(C)OC1CC=C(C(O)NCN=C(N)c2cccc3c2CC[C@@H]3C)C=C1C#N. The molecular weight excluding hydrogens is 364 g/mol. The van der Waals surface area contributed by atoms with E-state index in [1.807, 2.05) is 32.1 Å². The Morgan fingerprint density at radius 2 is 2.24 bits per heavy atom. The first-order chi connectivity index (χ1) is 13.9. The fourth-order valence-electron chi connectivity index (χ4n) is 3.98. The predicted molar refractivity (Wildman–Crippen MR) is 114 cm³/mol. The molecule has 0 amide bonds. The van der Waals surface area contributed by atoms with Crippen LogP contribution >= 0.6 is 0 Å². The molecule has 3 atom stereocenters. The number of rotatable bonds is 7. The second-order valence-corrected chi connectivity index (χ2v) is 7.95. The van der Waals surface area contributed by atoms with Gasteiger partial charge in [0.25, 0.3) is 0 Å². The number of hydrogen-bond acceptors (Lipinski definition) is 5. The molecule has 0 aliphatic heterocycles. The highest BCUT2D eigenvalue weighted by atomic mass is 16.5. The number of amidine groups is 1. The Morgan fingerprint density at radius 1 is 1.45 bits per heavy atom. The van der Waals surface area contributed by atoms with Gasteiger partial charge in [0.2, 0.25) is 0 Å². The summed E-state index contributed by atoms with van der Waals surface area (Å²) in [5.41, 5.74) is 11.0. The minimum Gasteiger partial charge on any atom is -0.383 e. The molecule has 4 N–H and O–H groups in total. The van der Waals surface area contributed by atoms with E-state index >= 15 is 0 Å². The summed E-state index contributed by atoms with van der Waals surface area (Å²) in [6.45, 7) is 6.30. The number of nitriles is 1. The van der Waals surface area contributed by atoms with Crippen molar-refractivity contribution in [2.75, 3.05) is 6.67 Å². The average Bonchev–Trinajstić information content (AvgIpc) is 3.08. The zero-order valence-corrected chi connectivity index (χ0v) is 17.4. The summed E-state index contributed by atoms with van der Waals surface area (Å²) in [6.07, 6.45) is 5.16. The van der Waals surface area contributed by atoms with Gasteiger partial charge in [-0.3, -0.25) is 10.3 Å². The van der Waals surface area contributed by atoms with Crippen molar-refractivity contribution in [3.05, 3.63) is 58.2 Å². The number of benzene rings is 1. The highest BCUT2D eigenvalue weighted by Gasteiger charge is 2.23. The molecular formula is C23H30N4O2. The predicted octanol–water partition coefficient (Wildman–Crippen LogP) is 2.88. The van der Waals surface area contributed by atoms with Gasteiger partial charge in [-0.05, 0) is 61.8 Å². The molecule has 0 bridgehead atoms. The van der Waals surface area contributed by atoms with Crippen molar-refractivity contribution in [1.82, 2.24) is 5.32 Å². The molecule has 0 saturated heterocycles. The van der Waals surface area contributed by atoms with Crippen LogP contribution in [-0.2, 0) is 11.2 Å². The molecule has 1 aromatic rings. The molecule has 2 unspecified atom stereocenters. The number of nitrogens with two attached hydrogens (primary N) is 1. The molecule has 6 nitrogen and oxygen atoms in total. The first kappa shape index (κ1) is 21.3. The van der Waals surface area contributed by atoms with E-state index in [9.17, 15) is 10.4 Å². The van der Waals surface area contributed by atoms with Crippen LogP contribution in [0.1, 0.15) is 56.2 Å². The second kappa shape index (κ2) is 9.36. The smallest absolute Gasteiger partial charge is 0.132 e. The minimum absolute atomic E-state index is 0.0366. The molecule has 0 saturated carbocycles. The van der Waals surface area contributed by atoms with Gasteiger partial charge in [-0.25, -0.2) is 0 Å². The zero-order chi connectivity index (χ0) is 21.0. The molecule has 0 heterocycles. The van der Waals surface area contributed by atoms with Gasteiger partial charge in [0, 0.05) is 5.56 Å². The van der Waals surface area contributed by atoms with Crippen molar-refractivity contribution < 1.29 is 9.84 Å². The molecule has 0 fully saturated rings. The van der Waals surface area contributed by atoms with Crippen LogP contribution in [0.25, 0.3) is 0 Å². The van der Waals surface area contributed by atoms with Crippen molar-refractivity contribution >= 4 is 5.84 Å². The number of aliphatic hydroxyl groups excluding tert-OH is 1. The van der Waals surface area contributed by atoms with E-state index in [1.165, 1.54) is 11.1 Å². The standard InChI is InChI=1S/C23H30N4O2/c1-14(2)29-21-10-8-16(11-17(21)12-24)23(28)27-13-26-22(25)20-6-4-5-18-15(3)7-9-19(18)20/h4-6,8,11,14-15,21,23,27-28H,7,9-10,13H2,1-3H3,(H2,25,26)/t15-,21?,23?/m0/s1. The summed E-state index contributed by atoms with van der Waals surface area (Å²) in [7, 11) is 0. The summed E-state index contributed by atoms with van der Waals surface area (Å²) in [5.74, 6) is 1.03. The fourth-order valence-corrected chi connectivity index (χ4v) is 3.98. The van der Waals surface area contributed by atoms with E-state index in [4.69, 9.17) is 10.5 Å². The number of nitrogens with one attached hydrogen (secondary N) is 1. The highest BCUT2D eigenvalue weighted by molar-refractivity contribution is 5.99. The first-order valence-electron chi connectivity index (χ1n) is 10.2. The minimum atomic E-state index is -0.920. The quantitative estimate of drug-likeness (QED) is 0.375. The van der Waals surface area contributed by atoms with Crippen LogP contribution in [0.5, 0.6) is 0 Å². The van der Waals surface area contributed by atoms with Crippen LogP contribution in [0.4, 0.5) is 0 Å². The lowest BCUT2D eigenvalue weighted by molar-refractivity contribution is 0.0318. The largest absolute Gasteiger partial charge is 0.383 e. The van der Waals surface area contributed by atoms with Crippen LogP contribution in [0.15, 0.2) is 46.5 Å². The van der Waals surface area contributed by atoms with E-state index in [0.717, 1.165) is 18.4 Å². The fraction of sp³-hybridized carbons (Fsp3) is 0.478. The van der Waals surface area contributed by atoms with Crippen molar-refractivity contribution in [1.29, 1.82) is 5.26 Å². The Kier molecular flexibility index (Phi) is 6.86. The maximum absolute atomic E-state index is 10.4. The Hall–Kier alpha value is -2.46.